The second kappa shape index (κ2) is 9.08. The van der Waals surface area contributed by atoms with Gasteiger partial charge in [-0.3, -0.25) is 14.9 Å². The monoisotopic (exact) mass is 415 g/mol. The van der Waals surface area contributed by atoms with E-state index in [1.54, 1.807) is 7.11 Å². The number of ether oxygens (including phenoxy) is 1. The molecule has 1 aromatic heterocycles. The van der Waals surface area contributed by atoms with E-state index < -0.39 is 0 Å². The number of hydrogen-bond donors (Lipinski definition) is 1. The number of amides is 1. The lowest BCUT2D eigenvalue weighted by atomic mass is 9.82. The minimum absolute atomic E-state index is 0.0238. The van der Waals surface area contributed by atoms with Crippen molar-refractivity contribution in [2.75, 3.05) is 12.4 Å². The van der Waals surface area contributed by atoms with Crippen molar-refractivity contribution >= 4 is 17.6 Å². The summed E-state index contributed by atoms with van der Waals surface area (Å²) in [4.78, 5) is 34.3. The van der Waals surface area contributed by atoms with Crippen LogP contribution >= 0.6 is 0 Å². The van der Waals surface area contributed by atoms with Gasteiger partial charge in [0.1, 0.15) is 5.75 Å². The van der Waals surface area contributed by atoms with Gasteiger partial charge in [0, 0.05) is 12.6 Å². The van der Waals surface area contributed by atoms with Crippen LogP contribution in [-0.4, -0.2) is 28.8 Å². The number of Topliss-reactive ketones (excluding diaryl/α,β-unsaturated/α-hetero) is 1. The summed E-state index contributed by atoms with van der Waals surface area (Å²) in [6, 6.07) is 17.4. The highest BCUT2D eigenvalue weighted by Gasteiger charge is 2.28. The second-order valence-corrected chi connectivity index (χ2v) is 7.72. The van der Waals surface area contributed by atoms with Crippen LogP contribution in [0.25, 0.3) is 0 Å². The highest BCUT2D eigenvalue weighted by atomic mass is 16.5. The Hall–Kier alpha value is -3.54. The SMILES string of the molecule is CC[C@H](C(=O)Nc1ncc2c(n1)C[C@@H](c1ccc(OC)cc1)CC2=O)c1ccccc1. The van der Waals surface area contributed by atoms with Gasteiger partial charge in [0.15, 0.2) is 5.78 Å². The van der Waals surface area contributed by atoms with Crippen molar-refractivity contribution in [3.8, 4) is 5.75 Å². The molecule has 1 amide bonds. The predicted octanol–water partition coefficient (Wildman–Crippen LogP) is 4.53. The van der Waals surface area contributed by atoms with Crippen LogP contribution in [0.4, 0.5) is 5.95 Å². The predicted molar refractivity (Wildman–Crippen MR) is 119 cm³/mol. The molecule has 158 valence electrons. The number of carbonyl (C=O) groups excluding carboxylic acids is 2. The third-order valence-corrected chi connectivity index (χ3v) is 5.79. The molecule has 0 saturated carbocycles. The lowest BCUT2D eigenvalue weighted by Crippen LogP contribution is -2.24. The number of nitrogens with zero attached hydrogens (tertiary/aromatic N) is 2. The van der Waals surface area contributed by atoms with Gasteiger partial charge >= 0.3 is 0 Å². The fourth-order valence-corrected chi connectivity index (χ4v) is 4.07. The van der Waals surface area contributed by atoms with E-state index in [-0.39, 0.29) is 29.5 Å². The number of aromatic nitrogens is 2. The van der Waals surface area contributed by atoms with Crippen LogP contribution in [0, 0.1) is 0 Å². The molecular weight excluding hydrogens is 390 g/mol. The van der Waals surface area contributed by atoms with E-state index in [1.807, 2.05) is 61.5 Å². The maximum Gasteiger partial charge on any atom is 0.234 e. The number of benzene rings is 2. The Bertz CT molecular complexity index is 1080. The number of fused-ring (bicyclic) bond motifs is 1. The fourth-order valence-electron chi connectivity index (χ4n) is 4.07. The molecule has 2 atom stereocenters. The molecule has 0 bridgehead atoms. The minimum atomic E-state index is -0.283. The van der Waals surface area contributed by atoms with Crippen LogP contribution in [0.2, 0.25) is 0 Å². The van der Waals surface area contributed by atoms with E-state index in [1.165, 1.54) is 6.20 Å². The van der Waals surface area contributed by atoms with Gasteiger partial charge in [-0.1, -0.05) is 49.4 Å². The molecule has 6 heteroatoms. The highest BCUT2D eigenvalue weighted by molar-refractivity contribution is 5.99. The van der Waals surface area contributed by atoms with Gasteiger partial charge < -0.3 is 4.74 Å². The molecule has 0 aliphatic heterocycles. The van der Waals surface area contributed by atoms with Gasteiger partial charge in [0.25, 0.3) is 0 Å². The number of anilines is 1. The molecule has 1 aliphatic carbocycles. The first-order valence-electron chi connectivity index (χ1n) is 10.5. The molecule has 4 rings (SSSR count). The van der Waals surface area contributed by atoms with E-state index >= 15 is 0 Å². The molecule has 0 spiro atoms. The zero-order chi connectivity index (χ0) is 21.8. The molecule has 0 saturated heterocycles. The molecule has 0 fully saturated rings. The molecule has 2 aromatic carbocycles. The first-order chi connectivity index (χ1) is 15.1. The van der Waals surface area contributed by atoms with Gasteiger partial charge in [-0.05, 0) is 42.0 Å². The molecule has 6 nitrogen and oxygen atoms in total. The van der Waals surface area contributed by atoms with Gasteiger partial charge in [-0.15, -0.1) is 0 Å². The van der Waals surface area contributed by atoms with Crippen LogP contribution in [0.5, 0.6) is 5.75 Å². The normalized spacial score (nSPS) is 16.3. The van der Waals surface area contributed by atoms with Crippen LogP contribution in [0.3, 0.4) is 0 Å². The summed E-state index contributed by atoms with van der Waals surface area (Å²) in [5, 5.41) is 2.84. The number of carbonyl (C=O) groups is 2. The average Bonchev–Trinajstić information content (AvgIpc) is 2.80. The fraction of sp³-hybridized carbons (Fsp3) is 0.280. The van der Waals surface area contributed by atoms with Crippen molar-refractivity contribution in [1.82, 2.24) is 9.97 Å². The van der Waals surface area contributed by atoms with Gasteiger partial charge in [-0.2, -0.15) is 0 Å². The van der Waals surface area contributed by atoms with Crippen molar-refractivity contribution in [2.45, 2.75) is 38.0 Å². The minimum Gasteiger partial charge on any atom is -0.497 e. The molecule has 31 heavy (non-hydrogen) atoms. The zero-order valence-corrected chi connectivity index (χ0v) is 17.7. The Balaban J connectivity index is 1.53. The summed E-state index contributed by atoms with van der Waals surface area (Å²) in [7, 11) is 1.63. The number of ketones is 1. The van der Waals surface area contributed by atoms with Gasteiger partial charge in [-0.25, -0.2) is 9.97 Å². The molecule has 1 N–H and O–H groups in total. The lowest BCUT2D eigenvalue weighted by Gasteiger charge is -2.23. The van der Waals surface area contributed by atoms with E-state index in [0.29, 0.717) is 30.5 Å². The van der Waals surface area contributed by atoms with Crippen LogP contribution in [-0.2, 0) is 11.2 Å². The maximum atomic E-state index is 12.9. The van der Waals surface area contributed by atoms with Crippen LogP contribution in [0.1, 0.15) is 58.8 Å². The maximum absolute atomic E-state index is 12.9. The molecule has 0 unspecified atom stereocenters. The van der Waals surface area contributed by atoms with E-state index in [9.17, 15) is 9.59 Å². The highest BCUT2D eigenvalue weighted by Crippen LogP contribution is 2.33. The Morgan fingerprint density at radius 2 is 1.87 bits per heavy atom. The van der Waals surface area contributed by atoms with Crippen molar-refractivity contribution in [1.29, 1.82) is 0 Å². The Labute approximate surface area is 181 Å². The van der Waals surface area contributed by atoms with Crippen molar-refractivity contribution in [2.24, 2.45) is 0 Å². The number of nitrogens with one attached hydrogen (secondary N) is 1. The first kappa shape index (κ1) is 20.7. The third kappa shape index (κ3) is 4.48. The van der Waals surface area contributed by atoms with E-state index in [0.717, 1.165) is 16.9 Å². The Kier molecular flexibility index (Phi) is 6.07. The number of rotatable bonds is 6. The zero-order valence-electron chi connectivity index (χ0n) is 17.7. The largest absolute Gasteiger partial charge is 0.497 e. The molecule has 1 heterocycles. The van der Waals surface area contributed by atoms with Crippen LogP contribution in [0.15, 0.2) is 60.8 Å². The molecular formula is C25H25N3O3. The molecule has 3 aromatic rings. The molecule has 0 radical (unpaired) electrons. The quantitative estimate of drug-likeness (QED) is 0.640. The third-order valence-electron chi connectivity index (χ3n) is 5.79. The Morgan fingerprint density at radius 1 is 1.13 bits per heavy atom. The number of hydrogen-bond acceptors (Lipinski definition) is 5. The van der Waals surface area contributed by atoms with Crippen molar-refractivity contribution in [3.63, 3.8) is 0 Å². The second-order valence-electron chi connectivity index (χ2n) is 7.72. The summed E-state index contributed by atoms with van der Waals surface area (Å²) in [5.41, 5.74) is 3.24. The van der Waals surface area contributed by atoms with Gasteiger partial charge in [0.2, 0.25) is 11.9 Å². The first-order valence-corrected chi connectivity index (χ1v) is 10.5. The molecule has 1 aliphatic rings. The summed E-state index contributed by atoms with van der Waals surface area (Å²) < 4.78 is 5.22. The smallest absolute Gasteiger partial charge is 0.234 e. The van der Waals surface area contributed by atoms with E-state index in [4.69, 9.17) is 4.74 Å². The summed E-state index contributed by atoms with van der Waals surface area (Å²) in [6.07, 6.45) is 3.24. The van der Waals surface area contributed by atoms with Crippen molar-refractivity contribution in [3.05, 3.63) is 83.2 Å². The lowest BCUT2D eigenvalue weighted by molar-refractivity contribution is -0.117. The topological polar surface area (TPSA) is 81.2 Å². The average molecular weight is 415 g/mol. The summed E-state index contributed by atoms with van der Waals surface area (Å²) in [5.74, 6) is 0.647. The van der Waals surface area contributed by atoms with Crippen LogP contribution < -0.4 is 10.1 Å². The van der Waals surface area contributed by atoms with Gasteiger partial charge in [0.05, 0.1) is 24.3 Å². The summed E-state index contributed by atoms with van der Waals surface area (Å²) >= 11 is 0. The van der Waals surface area contributed by atoms with E-state index in [2.05, 4.69) is 15.3 Å². The number of methoxy groups -OCH3 is 1. The Morgan fingerprint density at radius 3 is 2.55 bits per heavy atom. The standard InChI is InChI=1S/C25H25N3O3/c1-3-20(17-7-5-4-6-8-17)24(30)28-25-26-15-21-22(27-25)13-18(14-23(21)29)16-9-11-19(31-2)12-10-16/h4-12,15,18,20H,3,13-14H2,1-2H3,(H,26,27,28,30)/t18-,20+/m1/s1. The summed E-state index contributed by atoms with van der Waals surface area (Å²) in [6.45, 7) is 1.98. The van der Waals surface area contributed by atoms with Crippen molar-refractivity contribution < 1.29 is 14.3 Å².